The van der Waals surface area contributed by atoms with Crippen LogP contribution in [0.5, 0.6) is 0 Å². The van der Waals surface area contributed by atoms with Gasteiger partial charge in [-0.2, -0.15) is 0 Å². The van der Waals surface area contributed by atoms with Crippen LogP contribution in [0.25, 0.3) is 0 Å². The Kier molecular flexibility index (Phi) is 9.58. The number of halogens is 2. The van der Waals surface area contributed by atoms with E-state index in [4.69, 9.17) is 19.8 Å². The third-order valence-electron chi connectivity index (χ3n) is 3.01. The zero-order valence-corrected chi connectivity index (χ0v) is 23.4. The molecule has 2 aromatic rings. The molecule has 0 aliphatic carbocycles. The molecule has 0 spiro atoms. The van der Waals surface area contributed by atoms with Crippen molar-refractivity contribution in [2.75, 3.05) is 7.57 Å². The Hall–Kier alpha value is -0.114. The van der Waals surface area contributed by atoms with Gasteiger partial charge in [-0.05, 0) is 0 Å². The molecule has 2 rings (SSSR count). The Balaban J connectivity index is 2.03. The number of thiazole rings is 1. The van der Waals surface area contributed by atoms with Crippen molar-refractivity contribution in [2.45, 2.75) is 17.7 Å². The van der Waals surface area contributed by atoms with Gasteiger partial charge in [0.1, 0.15) is 0 Å². The molecule has 0 saturated heterocycles. The summed E-state index contributed by atoms with van der Waals surface area (Å²) in [4.78, 5) is 27.1. The fourth-order valence-electron chi connectivity index (χ4n) is 1.82. The molecule has 0 saturated carbocycles. The van der Waals surface area contributed by atoms with Crippen LogP contribution in [0.2, 0.25) is 0 Å². The molecule has 1 N–H and O–H groups in total. The third kappa shape index (κ3) is 6.72. The minimum atomic E-state index is -3.80. The van der Waals surface area contributed by atoms with Gasteiger partial charge in [0.05, 0.1) is 0 Å². The van der Waals surface area contributed by atoms with Gasteiger partial charge in [-0.3, -0.25) is 0 Å². The van der Waals surface area contributed by atoms with E-state index in [2.05, 4.69) is 10.3 Å². The van der Waals surface area contributed by atoms with E-state index in [1.165, 1.54) is 44.0 Å². The Morgan fingerprint density at radius 2 is 1.93 bits per heavy atom. The first-order valence-electron chi connectivity index (χ1n) is 7.06. The van der Waals surface area contributed by atoms with Gasteiger partial charge in [-0.1, -0.05) is 0 Å². The van der Waals surface area contributed by atoms with E-state index in [0.717, 1.165) is 0 Å². The number of benzene rings is 1. The second kappa shape index (κ2) is 11.2. The quantitative estimate of drug-likeness (QED) is 0.389. The summed E-state index contributed by atoms with van der Waals surface area (Å²) in [6.07, 6.45) is 1.41. The summed E-state index contributed by atoms with van der Waals surface area (Å²) < 4.78 is 31.4. The summed E-state index contributed by atoms with van der Waals surface area (Å²) in [5.74, 6) is -0.879. The van der Waals surface area contributed by atoms with Crippen molar-refractivity contribution in [3.05, 3.63) is 35.8 Å². The van der Waals surface area contributed by atoms with Gasteiger partial charge in [0.2, 0.25) is 0 Å². The van der Waals surface area contributed by atoms with Gasteiger partial charge in [-0.25, -0.2) is 0 Å². The first-order valence-corrected chi connectivity index (χ1v) is 20.9. The van der Waals surface area contributed by atoms with Crippen LogP contribution >= 0.6 is 28.4 Å². The zero-order chi connectivity index (χ0) is 19.9. The van der Waals surface area contributed by atoms with Crippen LogP contribution in [0.1, 0.15) is 12.8 Å². The number of carbonyl (C=O) groups excluding carboxylic acids is 2. The summed E-state index contributed by atoms with van der Waals surface area (Å²) in [5.41, 5.74) is 0.412. The van der Waals surface area contributed by atoms with Crippen molar-refractivity contribution in [1.82, 2.24) is 4.98 Å². The topological polar surface area (TPSA) is 106 Å². The second-order valence-corrected chi connectivity index (χ2v) is 14.4. The van der Waals surface area contributed by atoms with E-state index in [-0.39, 0.29) is 23.6 Å². The fraction of sp³-hybridized carbons (Fsp3) is 0.154. The molecule has 1 heterocycles. The monoisotopic (exact) mass is 841 g/mol. The number of hydrogen-bond donors (Lipinski definition) is 1. The van der Waals surface area contributed by atoms with Gasteiger partial charge < -0.3 is 0 Å². The van der Waals surface area contributed by atoms with E-state index in [1.807, 2.05) is 0 Å². The van der Waals surface area contributed by atoms with Crippen LogP contribution in [-0.2, 0) is 22.4 Å². The Bertz CT molecular complexity index is 882. The number of anilines is 2. The number of rotatable bonds is 9. The molecule has 0 aliphatic heterocycles. The molecule has 27 heavy (non-hydrogen) atoms. The predicted octanol–water partition coefficient (Wildman–Crippen LogP) is 2.15. The first kappa shape index (κ1) is 23.2. The van der Waals surface area contributed by atoms with Gasteiger partial charge in [-0.15, -0.1) is 0 Å². The van der Waals surface area contributed by atoms with Crippen LogP contribution in [0.15, 0.2) is 40.7 Å². The molecule has 0 fully saturated rings. The van der Waals surface area contributed by atoms with Crippen molar-refractivity contribution in [3.8, 4) is 0 Å². The van der Waals surface area contributed by atoms with Crippen molar-refractivity contribution in [1.29, 1.82) is 0 Å². The SMILES string of the molecule is O=C(CCC(=O)[O][Bi][Cl])Nc1ccc(S(=O)(=O)[N]([Bi][Cl])c2nccs2)cc1. The fourth-order valence-corrected chi connectivity index (χ4v) is 11.6. The first-order chi connectivity index (χ1) is 12.9. The average Bonchev–Trinajstić information content (AvgIpc) is 3.15. The number of aromatic nitrogens is 1. The zero-order valence-electron chi connectivity index (χ0n) is 13.3. The number of hydrogen-bond acceptors (Lipinski definition) is 7. The molecule has 0 unspecified atom stereocenters. The molecule has 8 nitrogen and oxygen atoms in total. The number of nitrogens with one attached hydrogen (secondary N) is 1. The maximum atomic E-state index is 12.7. The van der Waals surface area contributed by atoms with Gasteiger partial charge >= 0.3 is 193 Å². The number of nitrogens with zero attached hydrogens (tertiary/aromatic N) is 2. The molecular weight excluding hydrogens is 831 g/mol. The van der Waals surface area contributed by atoms with Crippen LogP contribution in [-0.4, -0.2) is 70.1 Å². The van der Waals surface area contributed by atoms with E-state index in [9.17, 15) is 18.0 Å². The molecule has 144 valence electrons. The van der Waals surface area contributed by atoms with Crippen LogP contribution in [0.4, 0.5) is 10.8 Å². The third-order valence-corrected chi connectivity index (χ3v) is 14.2. The molecule has 0 aliphatic rings. The molecule has 1 aromatic carbocycles. The minimum absolute atomic E-state index is 0.0474. The molecule has 14 heteroatoms. The average molecular weight is 842 g/mol. The van der Waals surface area contributed by atoms with Gasteiger partial charge in [0.15, 0.2) is 0 Å². The van der Waals surface area contributed by atoms with Gasteiger partial charge in [0.25, 0.3) is 0 Å². The molecular formula is C13H11Bi2Cl2N3O5S2. The number of amides is 1. The summed E-state index contributed by atoms with van der Waals surface area (Å²) in [6, 6.07) is 5.71. The molecule has 0 atom stereocenters. The van der Waals surface area contributed by atoms with Crippen molar-refractivity contribution >= 4 is 106 Å². The van der Waals surface area contributed by atoms with E-state index in [0.29, 0.717) is 10.8 Å². The van der Waals surface area contributed by atoms with Crippen LogP contribution in [0.3, 0.4) is 0 Å². The van der Waals surface area contributed by atoms with Gasteiger partial charge in [0, 0.05) is 0 Å². The van der Waals surface area contributed by atoms with E-state index in [1.54, 1.807) is 5.38 Å². The summed E-state index contributed by atoms with van der Waals surface area (Å²) >= 11 is -2.47. The Morgan fingerprint density at radius 3 is 2.48 bits per heavy atom. The number of carbonyl (C=O) groups is 2. The van der Waals surface area contributed by atoms with Crippen molar-refractivity contribution < 1.29 is 20.8 Å². The van der Waals surface area contributed by atoms with Crippen molar-refractivity contribution in [3.63, 3.8) is 0 Å². The molecule has 1 aromatic heterocycles. The summed E-state index contributed by atoms with van der Waals surface area (Å²) in [7, 11) is 7.61. The Morgan fingerprint density at radius 1 is 1.22 bits per heavy atom. The number of sulfonamides is 1. The molecule has 2 radical (unpaired) electrons. The van der Waals surface area contributed by atoms with Crippen LogP contribution < -0.4 is 7.57 Å². The standard InChI is InChI=1S/C13H13N3O5S2.2Bi.2ClH/c17-11(5-6-12(18)19)15-9-1-3-10(4-2-9)23(20,21)16-13-14-7-8-22-13;;;;/h1-4,7-8H,5-6H2,(H3,14,15,16,17,18,19);;;2*1H/q;2*+2;;/p-4. The summed E-state index contributed by atoms with van der Waals surface area (Å²) in [5, 5.41) is 4.61. The molecule has 1 amide bonds. The molecule has 0 bridgehead atoms. The van der Waals surface area contributed by atoms with E-state index < -0.39 is 60.8 Å². The summed E-state index contributed by atoms with van der Waals surface area (Å²) in [6.45, 7) is 0. The predicted molar refractivity (Wildman–Crippen MR) is 105 cm³/mol. The van der Waals surface area contributed by atoms with Crippen molar-refractivity contribution in [2.24, 2.45) is 0 Å². The normalized spacial score (nSPS) is 11.0. The Labute approximate surface area is 190 Å². The van der Waals surface area contributed by atoms with E-state index >= 15 is 0 Å². The maximum absolute atomic E-state index is 12.7. The second-order valence-electron chi connectivity index (χ2n) is 4.74. The van der Waals surface area contributed by atoms with Crippen LogP contribution in [0, 0.1) is 0 Å².